The van der Waals surface area contributed by atoms with Gasteiger partial charge in [0, 0.05) is 16.7 Å². The van der Waals surface area contributed by atoms with Crippen LogP contribution in [0.25, 0.3) is 99.2 Å². The van der Waals surface area contributed by atoms with Gasteiger partial charge in [-0.3, -0.25) is 0 Å². The van der Waals surface area contributed by atoms with Crippen molar-refractivity contribution in [2.75, 3.05) is 0 Å². The van der Waals surface area contributed by atoms with E-state index in [1.165, 1.54) is 54.2 Å². The van der Waals surface area contributed by atoms with E-state index in [9.17, 15) is 0 Å². The lowest BCUT2D eigenvalue weighted by Gasteiger charge is -2.11. The van der Waals surface area contributed by atoms with Crippen molar-refractivity contribution >= 4 is 43.1 Å². The largest absolute Gasteiger partial charge is 0.228 e. The lowest BCUT2D eigenvalue weighted by molar-refractivity contribution is 1.18. The zero-order valence-corrected chi connectivity index (χ0v) is 30.7. The summed E-state index contributed by atoms with van der Waals surface area (Å²) < 4.78 is 0. The van der Waals surface area contributed by atoms with E-state index in [0.717, 1.165) is 39.2 Å². The second-order valence-corrected chi connectivity index (χ2v) is 14.2. The van der Waals surface area contributed by atoms with Crippen LogP contribution in [0.4, 0.5) is 0 Å². The highest BCUT2D eigenvalue weighted by molar-refractivity contribution is 6.19. The third-order valence-corrected chi connectivity index (χ3v) is 10.7. The maximum atomic E-state index is 5.10. The average Bonchev–Trinajstić information content (AvgIpc) is 3.29. The summed E-state index contributed by atoms with van der Waals surface area (Å²) in [5.41, 5.74) is 9.54. The van der Waals surface area contributed by atoms with E-state index < -0.39 is 0 Å². The van der Waals surface area contributed by atoms with Crippen LogP contribution in [0.1, 0.15) is 0 Å². The van der Waals surface area contributed by atoms with E-state index in [1.807, 2.05) is 24.3 Å². The van der Waals surface area contributed by atoms with E-state index in [1.54, 1.807) is 0 Å². The van der Waals surface area contributed by atoms with Crippen molar-refractivity contribution in [3.63, 3.8) is 0 Å². The Kier molecular flexibility index (Phi) is 8.55. The molecule has 0 aliphatic rings. The van der Waals surface area contributed by atoms with Crippen molar-refractivity contribution in [2.24, 2.45) is 0 Å². The molecular weight excluding hydrogens is 677 g/mol. The minimum absolute atomic E-state index is 0.707. The summed E-state index contributed by atoms with van der Waals surface area (Å²) in [4.78, 5) is 10.2. The minimum atomic E-state index is 0.707. The van der Waals surface area contributed by atoms with Crippen LogP contribution in [-0.2, 0) is 0 Å². The molecule has 0 fully saturated rings. The lowest BCUT2D eigenvalue weighted by atomic mass is 9.95. The van der Waals surface area contributed by atoms with Crippen molar-refractivity contribution in [3.8, 4) is 56.2 Å². The van der Waals surface area contributed by atoms with E-state index in [4.69, 9.17) is 9.97 Å². The summed E-state index contributed by atoms with van der Waals surface area (Å²) in [5, 5.41) is 9.76. The molecule has 2 heteroatoms. The molecule has 0 saturated carbocycles. The molecule has 0 N–H and O–H groups in total. The highest BCUT2D eigenvalue weighted by atomic mass is 14.9. The monoisotopic (exact) mass is 712 g/mol. The van der Waals surface area contributed by atoms with Gasteiger partial charge in [0.25, 0.3) is 0 Å². The molecule has 1 aromatic heterocycles. The Balaban J connectivity index is 1.08. The van der Waals surface area contributed by atoms with Crippen molar-refractivity contribution in [2.45, 2.75) is 0 Å². The Morgan fingerprint density at radius 3 is 1.14 bits per heavy atom. The molecule has 0 unspecified atom stereocenters. The van der Waals surface area contributed by atoms with Gasteiger partial charge in [0.15, 0.2) is 5.82 Å². The van der Waals surface area contributed by atoms with Gasteiger partial charge >= 0.3 is 0 Å². The predicted molar refractivity (Wildman–Crippen MR) is 237 cm³/mol. The molecule has 0 bridgehead atoms. The van der Waals surface area contributed by atoms with Gasteiger partial charge in [0.1, 0.15) is 0 Å². The molecule has 10 aromatic rings. The molecule has 0 saturated heterocycles. The third kappa shape index (κ3) is 6.34. The number of nitrogens with zero attached hydrogens (tertiary/aromatic N) is 2. The van der Waals surface area contributed by atoms with Gasteiger partial charge < -0.3 is 0 Å². The Hall–Kier alpha value is -7.42. The second kappa shape index (κ2) is 14.4. The smallest absolute Gasteiger partial charge is 0.160 e. The predicted octanol–water partition coefficient (Wildman–Crippen LogP) is 14.5. The summed E-state index contributed by atoms with van der Waals surface area (Å²) >= 11 is 0. The summed E-state index contributed by atoms with van der Waals surface area (Å²) in [6.45, 7) is 0. The minimum Gasteiger partial charge on any atom is -0.228 e. The standard InChI is InChI=1S/C54H36N2/c1-3-13-37(14-4-1)38-23-30-42(31-24-38)52-36-53(56-54(55-52)44-16-5-2-6-17-44)43-32-25-39(26-33-43)45-34-29-41-28-27-40-15-7-8-18-46(40)47-19-9-10-20-48(47)49-21-11-12-22-50(49)51(41)35-45/h1-36H. The molecule has 2 nitrogen and oxygen atoms in total. The summed E-state index contributed by atoms with van der Waals surface area (Å²) in [6, 6.07) is 77.8. The molecule has 10 rings (SSSR count). The van der Waals surface area contributed by atoms with E-state index in [2.05, 4.69) is 194 Å². The second-order valence-electron chi connectivity index (χ2n) is 14.2. The first-order chi connectivity index (χ1) is 27.7. The maximum absolute atomic E-state index is 5.10. The van der Waals surface area contributed by atoms with Crippen molar-refractivity contribution in [1.29, 1.82) is 0 Å². The number of benzene rings is 8. The summed E-state index contributed by atoms with van der Waals surface area (Å²) in [6.07, 6.45) is 0. The van der Waals surface area contributed by atoms with E-state index >= 15 is 0 Å². The average molecular weight is 713 g/mol. The molecule has 9 aromatic carbocycles. The van der Waals surface area contributed by atoms with Crippen LogP contribution < -0.4 is 0 Å². The van der Waals surface area contributed by atoms with Crippen LogP contribution >= 0.6 is 0 Å². The fourth-order valence-electron chi connectivity index (χ4n) is 7.84. The van der Waals surface area contributed by atoms with Crippen LogP contribution in [-0.4, -0.2) is 9.97 Å². The summed E-state index contributed by atoms with van der Waals surface area (Å²) in [5.74, 6) is 0.707. The first-order valence-electron chi connectivity index (χ1n) is 19.1. The SMILES string of the molecule is c1ccc(-c2ccc(-c3cc(-c4ccc(-c5ccc6ccc7ccccc7c7ccccc7c7ccccc7c6c5)cc4)nc(-c4ccccc4)n3)cc2)cc1. The van der Waals surface area contributed by atoms with Crippen LogP contribution in [0.5, 0.6) is 0 Å². The molecule has 1 heterocycles. The zero-order chi connectivity index (χ0) is 37.3. The van der Waals surface area contributed by atoms with Crippen LogP contribution in [0.15, 0.2) is 218 Å². The lowest BCUT2D eigenvalue weighted by Crippen LogP contribution is -1.96. The maximum Gasteiger partial charge on any atom is 0.160 e. The van der Waals surface area contributed by atoms with Gasteiger partial charge in [-0.15, -0.1) is 0 Å². The van der Waals surface area contributed by atoms with Gasteiger partial charge in [-0.2, -0.15) is 0 Å². The van der Waals surface area contributed by atoms with Gasteiger partial charge in [-0.05, 0) is 77.5 Å². The molecular formula is C54H36N2. The van der Waals surface area contributed by atoms with Gasteiger partial charge in [0.2, 0.25) is 0 Å². The first-order valence-corrected chi connectivity index (χ1v) is 19.1. The molecule has 0 radical (unpaired) electrons. The van der Waals surface area contributed by atoms with Crippen molar-refractivity contribution < 1.29 is 0 Å². The molecule has 0 atom stereocenters. The van der Waals surface area contributed by atoms with Crippen molar-refractivity contribution in [1.82, 2.24) is 9.97 Å². The van der Waals surface area contributed by atoms with Gasteiger partial charge in [-0.1, -0.05) is 206 Å². The van der Waals surface area contributed by atoms with E-state index in [0.29, 0.717) is 5.82 Å². The first kappa shape index (κ1) is 33.2. The molecule has 56 heavy (non-hydrogen) atoms. The molecule has 0 aliphatic carbocycles. The topological polar surface area (TPSA) is 25.8 Å². The quantitative estimate of drug-likeness (QED) is 0.178. The fraction of sp³-hybridized carbons (Fsp3) is 0. The molecule has 0 amide bonds. The molecule has 0 aliphatic heterocycles. The highest BCUT2D eigenvalue weighted by Crippen LogP contribution is 2.35. The zero-order valence-electron chi connectivity index (χ0n) is 30.7. The fourth-order valence-corrected chi connectivity index (χ4v) is 7.84. The number of fused-ring (bicyclic) bond motifs is 7. The van der Waals surface area contributed by atoms with Gasteiger partial charge in [0.05, 0.1) is 11.4 Å². The third-order valence-electron chi connectivity index (χ3n) is 10.7. The summed E-state index contributed by atoms with van der Waals surface area (Å²) in [7, 11) is 0. The Labute approximate surface area is 326 Å². The Bertz CT molecular complexity index is 3100. The highest BCUT2D eigenvalue weighted by Gasteiger charge is 2.12. The van der Waals surface area contributed by atoms with Crippen molar-refractivity contribution in [3.05, 3.63) is 218 Å². The normalized spacial score (nSPS) is 11.2. The van der Waals surface area contributed by atoms with Crippen LogP contribution in [0, 0.1) is 0 Å². The number of rotatable bonds is 5. The van der Waals surface area contributed by atoms with Crippen LogP contribution in [0.2, 0.25) is 0 Å². The van der Waals surface area contributed by atoms with Gasteiger partial charge in [-0.25, -0.2) is 9.97 Å². The Morgan fingerprint density at radius 1 is 0.214 bits per heavy atom. The number of hydrogen-bond acceptors (Lipinski definition) is 2. The Morgan fingerprint density at radius 2 is 0.571 bits per heavy atom. The van der Waals surface area contributed by atoms with Crippen LogP contribution in [0.3, 0.4) is 0 Å². The molecule has 0 spiro atoms. The number of aromatic nitrogens is 2. The van der Waals surface area contributed by atoms with E-state index in [-0.39, 0.29) is 0 Å². The molecule has 262 valence electrons. The number of hydrogen-bond donors (Lipinski definition) is 0.